The molecule has 1 heterocycles. The second-order valence-corrected chi connectivity index (χ2v) is 5.35. The second kappa shape index (κ2) is 7.81. The highest BCUT2D eigenvalue weighted by Gasteiger charge is 2.18. The molecule has 0 radical (unpaired) electrons. The van der Waals surface area contributed by atoms with E-state index < -0.39 is 0 Å². The van der Waals surface area contributed by atoms with E-state index in [4.69, 9.17) is 6.42 Å². The molecule has 0 amide bonds. The summed E-state index contributed by atoms with van der Waals surface area (Å²) in [6.45, 7) is 8.22. The first kappa shape index (κ1) is 17.8. The standard InChI is InChI=1S/C20H20N4O/c1-6-13-23(4)15(3)19-20(21-7-2)22-18(24(19)5)12-11-16-9-8-10-17(25)14-16/h1,7-10,14,21,25H,2-3,13H2,4-5H3. The van der Waals surface area contributed by atoms with Crippen molar-refractivity contribution in [3.8, 4) is 29.9 Å². The fraction of sp³-hybridized carbons (Fsp3) is 0.150. The quantitative estimate of drug-likeness (QED) is 0.827. The molecule has 0 saturated heterocycles. The molecule has 5 nitrogen and oxygen atoms in total. The van der Waals surface area contributed by atoms with Crippen LogP contribution in [-0.4, -0.2) is 33.1 Å². The van der Waals surface area contributed by atoms with Crippen LogP contribution < -0.4 is 5.32 Å². The van der Waals surface area contributed by atoms with Crippen molar-refractivity contribution in [3.05, 3.63) is 60.7 Å². The van der Waals surface area contributed by atoms with Crippen LogP contribution in [0.2, 0.25) is 0 Å². The van der Waals surface area contributed by atoms with Crippen molar-refractivity contribution in [2.75, 3.05) is 18.9 Å². The highest BCUT2D eigenvalue weighted by molar-refractivity contribution is 5.71. The molecule has 0 aliphatic rings. The maximum absolute atomic E-state index is 9.52. The van der Waals surface area contributed by atoms with E-state index >= 15 is 0 Å². The lowest BCUT2D eigenvalue weighted by Gasteiger charge is -2.20. The molecule has 0 spiro atoms. The summed E-state index contributed by atoms with van der Waals surface area (Å²) in [5.41, 5.74) is 2.20. The Balaban J connectivity index is 2.45. The van der Waals surface area contributed by atoms with Gasteiger partial charge in [0.1, 0.15) is 11.4 Å². The van der Waals surface area contributed by atoms with Crippen LogP contribution in [0.3, 0.4) is 0 Å². The van der Waals surface area contributed by atoms with Gasteiger partial charge in [0, 0.05) is 19.7 Å². The molecule has 0 fully saturated rings. The number of phenols is 1. The molecule has 0 aliphatic heterocycles. The normalized spacial score (nSPS) is 9.48. The van der Waals surface area contributed by atoms with Gasteiger partial charge in [0.15, 0.2) is 11.6 Å². The van der Waals surface area contributed by atoms with E-state index in [1.165, 1.54) is 0 Å². The number of imidazole rings is 1. The van der Waals surface area contributed by atoms with Crippen LogP contribution in [0.25, 0.3) is 5.70 Å². The molecule has 0 saturated carbocycles. The van der Waals surface area contributed by atoms with E-state index in [9.17, 15) is 5.11 Å². The minimum Gasteiger partial charge on any atom is -0.508 e. The minimum absolute atomic E-state index is 0.172. The van der Waals surface area contributed by atoms with Gasteiger partial charge in [-0.3, -0.25) is 0 Å². The van der Waals surface area contributed by atoms with Crippen molar-refractivity contribution in [1.29, 1.82) is 0 Å². The van der Waals surface area contributed by atoms with Crippen molar-refractivity contribution in [1.82, 2.24) is 14.5 Å². The first-order chi connectivity index (χ1) is 12.0. The number of terminal acetylenes is 1. The van der Waals surface area contributed by atoms with E-state index in [-0.39, 0.29) is 5.75 Å². The van der Waals surface area contributed by atoms with Gasteiger partial charge in [-0.15, -0.1) is 6.42 Å². The number of aromatic hydroxyl groups is 1. The van der Waals surface area contributed by atoms with E-state index in [2.05, 4.69) is 41.2 Å². The van der Waals surface area contributed by atoms with Gasteiger partial charge < -0.3 is 19.9 Å². The Bertz CT molecular complexity index is 906. The maximum atomic E-state index is 9.52. The minimum atomic E-state index is 0.172. The molecule has 5 heteroatoms. The fourth-order valence-corrected chi connectivity index (χ4v) is 2.26. The zero-order valence-corrected chi connectivity index (χ0v) is 14.4. The number of rotatable bonds is 5. The number of hydrogen-bond acceptors (Lipinski definition) is 4. The highest BCUT2D eigenvalue weighted by atomic mass is 16.3. The van der Waals surface area contributed by atoms with Gasteiger partial charge in [-0.1, -0.05) is 31.1 Å². The van der Waals surface area contributed by atoms with E-state index in [0.29, 0.717) is 23.8 Å². The lowest BCUT2D eigenvalue weighted by Crippen LogP contribution is -2.18. The summed E-state index contributed by atoms with van der Waals surface area (Å²) >= 11 is 0. The average Bonchev–Trinajstić information content (AvgIpc) is 2.88. The molecule has 2 aromatic rings. The Morgan fingerprint density at radius 1 is 1.48 bits per heavy atom. The number of nitrogens with one attached hydrogen (secondary N) is 1. The Labute approximate surface area is 148 Å². The number of hydrogen-bond donors (Lipinski definition) is 2. The van der Waals surface area contributed by atoms with Gasteiger partial charge in [-0.25, -0.2) is 4.98 Å². The largest absolute Gasteiger partial charge is 0.508 e. The van der Waals surface area contributed by atoms with Crippen molar-refractivity contribution in [3.63, 3.8) is 0 Å². The summed E-state index contributed by atoms with van der Waals surface area (Å²) in [6, 6.07) is 6.75. The average molecular weight is 332 g/mol. The molecule has 126 valence electrons. The van der Waals surface area contributed by atoms with Crippen molar-refractivity contribution < 1.29 is 5.11 Å². The molecule has 0 aliphatic carbocycles. The lowest BCUT2D eigenvalue weighted by atomic mass is 10.2. The molecule has 1 aromatic heterocycles. The first-order valence-electron chi connectivity index (χ1n) is 7.57. The number of aromatic nitrogens is 2. The third-order valence-electron chi connectivity index (χ3n) is 3.56. The molecule has 1 aromatic carbocycles. The molecule has 0 unspecified atom stereocenters. The maximum Gasteiger partial charge on any atom is 0.188 e. The van der Waals surface area contributed by atoms with Gasteiger partial charge in [0.2, 0.25) is 0 Å². The lowest BCUT2D eigenvalue weighted by molar-refractivity contribution is 0.475. The summed E-state index contributed by atoms with van der Waals surface area (Å²) in [6.07, 6.45) is 6.93. The first-order valence-corrected chi connectivity index (χ1v) is 7.57. The molecular weight excluding hydrogens is 312 g/mol. The van der Waals surface area contributed by atoms with Gasteiger partial charge in [0.25, 0.3) is 0 Å². The highest BCUT2D eigenvalue weighted by Crippen LogP contribution is 2.25. The van der Waals surface area contributed by atoms with Crippen LogP contribution in [0.15, 0.2) is 43.6 Å². The third-order valence-corrected chi connectivity index (χ3v) is 3.56. The van der Waals surface area contributed by atoms with Gasteiger partial charge in [-0.2, -0.15) is 0 Å². The number of phenolic OH excluding ortho intramolecular Hbond substituents is 1. The van der Waals surface area contributed by atoms with Gasteiger partial charge in [0.05, 0.1) is 12.2 Å². The van der Waals surface area contributed by atoms with Crippen molar-refractivity contribution in [2.24, 2.45) is 7.05 Å². The van der Waals surface area contributed by atoms with Gasteiger partial charge >= 0.3 is 0 Å². The van der Waals surface area contributed by atoms with E-state index in [0.717, 1.165) is 11.4 Å². The number of nitrogens with zero attached hydrogens (tertiary/aromatic N) is 3. The molecule has 2 N–H and O–H groups in total. The summed E-state index contributed by atoms with van der Waals surface area (Å²) < 4.78 is 1.84. The molecular formula is C20H20N4O. The molecule has 0 bridgehead atoms. The van der Waals surface area contributed by atoms with Crippen LogP contribution >= 0.6 is 0 Å². The van der Waals surface area contributed by atoms with Crippen LogP contribution in [0, 0.1) is 24.2 Å². The summed E-state index contributed by atoms with van der Waals surface area (Å²) in [7, 11) is 3.73. The van der Waals surface area contributed by atoms with Crippen LogP contribution in [0.5, 0.6) is 5.75 Å². The number of benzene rings is 1. The van der Waals surface area contributed by atoms with E-state index in [1.54, 1.807) is 24.4 Å². The van der Waals surface area contributed by atoms with Crippen molar-refractivity contribution >= 4 is 11.5 Å². The molecule has 25 heavy (non-hydrogen) atoms. The fourth-order valence-electron chi connectivity index (χ4n) is 2.26. The van der Waals surface area contributed by atoms with Crippen molar-refractivity contribution in [2.45, 2.75) is 0 Å². The Morgan fingerprint density at radius 2 is 2.24 bits per heavy atom. The Hall–Kier alpha value is -3.57. The predicted molar refractivity (Wildman–Crippen MR) is 102 cm³/mol. The Kier molecular flexibility index (Phi) is 5.55. The zero-order valence-electron chi connectivity index (χ0n) is 14.4. The van der Waals surface area contributed by atoms with Crippen LogP contribution in [0.4, 0.5) is 5.82 Å². The van der Waals surface area contributed by atoms with Gasteiger partial charge in [-0.05, 0) is 30.3 Å². The second-order valence-electron chi connectivity index (χ2n) is 5.35. The predicted octanol–water partition coefficient (Wildman–Crippen LogP) is 2.62. The summed E-state index contributed by atoms with van der Waals surface area (Å²) in [4.78, 5) is 6.36. The monoisotopic (exact) mass is 332 g/mol. The SMILES string of the molecule is C#CCN(C)C(=C)c1c(NC=C)nc(C#Cc2cccc(O)c2)n1C. The third kappa shape index (κ3) is 4.04. The number of anilines is 1. The topological polar surface area (TPSA) is 53.3 Å². The van der Waals surface area contributed by atoms with Crippen LogP contribution in [-0.2, 0) is 7.05 Å². The zero-order chi connectivity index (χ0) is 18.4. The smallest absolute Gasteiger partial charge is 0.188 e. The Morgan fingerprint density at radius 3 is 2.88 bits per heavy atom. The van der Waals surface area contributed by atoms with E-state index in [1.807, 2.05) is 29.6 Å². The van der Waals surface area contributed by atoms with Crippen LogP contribution in [0.1, 0.15) is 17.1 Å². The molecule has 2 rings (SSSR count). The summed E-state index contributed by atoms with van der Waals surface area (Å²) in [5, 5.41) is 12.5. The summed E-state index contributed by atoms with van der Waals surface area (Å²) in [5.74, 6) is 9.93. The molecule has 0 atom stereocenters.